The van der Waals surface area contributed by atoms with Crippen LogP contribution in [0.5, 0.6) is 11.5 Å². The van der Waals surface area contributed by atoms with Crippen LogP contribution in [0.4, 0.5) is 5.69 Å². The molecule has 158 valence electrons. The van der Waals surface area contributed by atoms with Crippen LogP contribution in [0.3, 0.4) is 0 Å². The van der Waals surface area contributed by atoms with Gasteiger partial charge in [-0.05, 0) is 62.8 Å². The number of carbonyl (C=O) groups excluding carboxylic acids is 1. The normalized spacial score (nSPS) is 10.5. The maximum Gasteiger partial charge on any atom is 0.262 e. The Kier molecular flexibility index (Phi) is 7.08. The molecule has 0 aliphatic rings. The third-order valence-corrected chi connectivity index (χ3v) is 4.56. The van der Waals surface area contributed by atoms with Crippen LogP contribution in [0.1, 0.15) is 23.9 Å². The van der Waals surface area contributed by atoms with Gasteiger partial charge in [0.25, 0.3) is 5.91 Å². The first-order chi connectivity index (χ1) is 14.5. The van der Waals surface area contributed by atoms with E-state index >= 15 is 0 Å². The largest absolute Gasteiger partial charge is 0.490 e. The minimum absolute atomic E-state index is 0.116. The summed E-state index contributed by atoms with van der Waals surface area (Å²) in [4.78, 5) is 12.2. The molecule has 1 heterocycles. The number of H-pyrrole nitrogens is 1. The summed E-state index contributed by atoms with van der Waals surface area (Å²) in [6.07, 6.45) is 0. The average Bonchev–Trinajstić information content (AvgIpc) is 3.05. The van der Waals surface area contributed by atoms with E-state index < -0.39 is 0 Å². The fraction of sp³-hybridized carbons (Fsp3) is 0.286. The number of nitrogens with zero attached hydrogens (tertiary/aromatic N) is 2. The molecule has 9 heteroatoms. The molecule has 0 saturated heterocycles. The minimum atomic E-state index is -0.239. The maximum atomic E-state index is 12.2. The molecule has 0 fully saturated rings. The van der Waals surface area contributed by atoms with Crippen molar-refractivity contribution in [1.29, 1.82) is 0 Å². The van der Waals surface area contributed by atoms with Crippen LogP contribution in [-0.2, 0) is 11.3 Å². The number of rotatable bonds is 9. The molecule has 0 spiro atoms. The first kappa shape index (κ1) is 21.4. The van der Waals surface area contributed by atoms with Crippen LogP contribution < -0.4 is 20.2 Å². The monoisotopic (exact) mass is 427 g/mol. The smallest absolute Gasteiger partial charge is 0.262 e. The Bertz CT molecular complexity index is 1060. The predicted octanol–water partition coefficient (Wildman–Crippen LogP) is 3.72. The van der Waals surface area contributed by atoms with Crippen LogP contribution in [0, 0.1) is 18.6 Å². The number of aromatic amines is 1. The van der Waals surface area contributed by atoms with Gasteiger partial charge in [-0.1, -0.05) is 23.8 Å². The Morgan fingerprint density at radius 3 is 2.57 bits per heavy atom. The lowest BCUT2D eigenvalue weighted by Crippen LogP contribution is -2.20. The predicted molar refractivity (Wildman–Crippen MR) is 118 cm³/mol. The summed E-state index contributed by atoms with van der Waals surface area (Å²) in [5.74, 6) is 1.59. The van der Waals surface area contributed by atoms with Gasteiger partial charge < -0.3 is 20.2 Å². The number of nitrogens with one attached hydrogen (secondary N) is 3. The van der Waals surface area contributed by atoms with Crippen molar-refractivity contribution in [3.05, 3.63) is 64.2 Å². The standard InChI is InChI=1S/C21H25N5O3S/c1-4-28-19-11-16(12-22-26-15(3)24-25-21(26)30)7-10-18(19)29-13-20(27)23-17-8-5-14(2)6-9-17/h5-11,22H,4,12-13H2,1-3H3,(H,23,27)(H,25,30). The van der Waals surface area contributed by atoms with Crippen molar-refractivity contribution < 1.29 is 14.3 Å². The molecule has 8 nitrogen and oxygen atoms in total. The number of anilines is 1. The van der Waals surface area contributed by atoms with Crippen molar-refractivity contribution in [2.75, 3.05) is 24.0 Å². The van der Waals surface area contributed by atoms with Gasteiger partial charge in [0.15, 0.2) is 18.1 Å². The summed E-state index contributed by atoms with van der Waals surface area (Å²) in [5.41, 5.74) is 6.04. The van der Waals surface area contributed by atoms with Gasteiger partial charge in [0, 0.05) is 5.69 Å². The summed E-state index contributed by atoms with van der Waals surface area (Å²) >= 11 is 5.19. The second-order valence-electron chi connectivity index (χ2n) is 6.66. The lowest BCUT2D eigenvalue weighted by Gasteiger charge is -2.14. The average molecular weight is 428 g/mol. The van der Waals surface area contributed by atoms with Gasteiger partial charge in [0.05, 0.1) is 13.2 Å². The summed E-state index contributed by atoms with van der Waals surface area (Å²) in [5, 5.41) is 9.61. The molecule has 1 aromatic heterocycles. The Morgan fingerprint density at radius 2 is 1.90 bits per heavy atom. The van der Waals surface area contributed by atoms with E-state index in [9.17, 15) is 4.79 Å². The second kappa shape index (κ2) is 9.93. The van der Waals surface area contributed by atoms with Crippen LogP contribution in [-0.4, -0.2) is 34.0 Å². The fourth-order valence-corrected chi connectivity index (χ4v) is 3.00. The molecule has 3 rings (SSSR count). The SMILES string of the molecule is CCOc1cc(CNn2c(C)n[nH]c2=S)ccc1OCC(=O)Nc1ccc(C)cc1. The van der Waals surface area contributed by atoms with Crippen molar-refractivity contribution in [3.8, 4) is 11.5 Å². The molecule has 0 atom stereocenters. The summed E-state index contributed by atoms with van der Waals surface area (Å²) in [6.45, 7) is 6.62. The number of amides is 1. The molecular weight excluding hydrogens is 402 g/mol. The Morgan fingerprint density at radius 1 is 1.13 bits per heavy atom. The lowest BCUT2D eigenvalue weighted by atomic mass is 10.2. The van der Waals surface area contributed by atoms with Gasteiger partial charge in [-0.15, -0.1) is 0 Å². The van der Waals surface area contributed by atoms with Crippen molar-refractivity contribution in [3.63, 3.8) is 0 Å². The molecule has 3 aromatic rings. The molecule has 0 radical (unpaired) electrons. The molecule has 3 N–H and O–H groups in total. The van der Waals surface area contributed by atoms with Crippen LogP contribution in [0.2, 0.25) is 0 Å². The van der Waals surface area contributed by atoms with Crippen LogP contribution in [0.15, 0.2) is 42.5 Å². The molecule has 0 saturated carbocycles. The van der Waals surface area contributed by atoms with Gasteiger partial charge in [0.1, 0.15) is 5.82 Å². The molecule has 0 unspecified atom stereocenters. The van der Waals surface area contributed by atoms with E-state index in [0.717, 1.165) is 22.6 Å². The highest BCUT2D eigenvalue weighted by Crippen LogP contribution is 2.28. The lowest BCUT2D eigenvalue weighted by molar-refractivity contribution is -0.118. The number of ether oxygens (including phenoxy) is 2. The topological polar surface area (TPSA) is 93.2 Å². The van der Waals surface area contributed by atoms with Crippen molar-refractivity contribution >= 4 is 23.8 Å². The van der Waals surface area contributed by atoms with Crippen LogP contribution in [0.25, 0.3) is 0 Å². The molecule has 0 aliphatic carbocycles. The Balaban J connectivity index is 1.62. The first-order valence-corrected chi connectivity index (χ1v) is 10.00. The molecule has 2 aromatic carbocycles. The van der Waals surface area contributed by atoms with Crippen molar-refractivity contribution in [1.82, 2.24) is 14.9 Å². The minimum Gasteiger partial charge on any atom is -0.490 e. The zero-order chi connectivity index (χ0) is 21.5. The van der Waals surface area contributed by atoms with Gasteiger partial charge in [-0.3, -0.25) is 9.89 Å². The summed E-state index contributed by atoms with van der Waals surface area (Å²) in [7, 11) is 0. The quantitative estimate of drug-likeness (QED) is 0.451. The molecule has 0 bridgehead atoms. The first-order valence-electron chi connectivity index (χ1n) is 9.59. The number of aryl methyl sites for hydroxylation is 2. The van der Waals surface area contributed by atoms with Crippen LogP contribution >= 0.6 is 12.2 Å². The number of hydrogen-bond donors (Lipinski definition) is 3. The third-order valence-electron chi connectivity index (χ3n) is 4.28. The maximum absolute atomic E-state index is 12.2. The highest BCUT2D eigenvalue weighted by atomic mass is 32.1. The number of carbonyl (C=O) groups is 1. The highest BCUT2D eigenvalue weighted by Gasteiger charge is 2.10. The number of aromatic nitrogens is 3. The molecule has 1 amide bonds. The van der Waals surface area contributed by atoms with Gasteiger partial charge in [-0.2, -0.15) is 5.10 Å². The zero-order valence-corrected chi connectivity index (χ0v) is 18.0. The fourth-order valence-electron chi connectivity index (χ4n) is 2.76. The summed E-state index contributed by atoms with van der Waals surface area (Å²) in [6, 6.07) is 13.2. The number of benzene rings is 2. The van der Waals surface area contributed by atoms with E-state index in [2.05, 4.69) is 20.9 Å². The van der Waals surface area contributed by atoms with Crippen molar-refractivity contribution in [2.24, 2.45) is 0 Å². The summed E-state index contributed by atoms with van der Waals surface area (Å²) < 4.78 is 13.6. The zero-order valence-electron chi connectivity index (χ0n) is 17.2. The molecular formula is C21H25N5O3S. The van der Waals surface area contributed by atoms with Gasteiger partial charge in [-0.25, -0.2) is 4.68 Å². The third kappa shape index (κ3) is 5.60. The highest BCUT2D eigenvalue weighted by molar-refractivity contribution is 7.71. The van der Waals surface area contributed by atoms with E-state index in [4.69, 9.17) is 21.7 Å². The second-order valence-corrected chi connectivity index (χ2v) is 7.05. The van der Waals surface area contributed by atoms with E-state index in [1.807, 2.05) is 57.2 Å². The van der Waals surface area contributed by atoms with E-state index in [1.165, 1.54) is 0 Å². The van der Waals surface area contributed by atoms with E-state index in [1.54, 1.807) is 10.7 Å². The number of hydrogen-bond acceptors (Lipinski definition) is 6. The van der Waals surface area contributed by atoms with E-state index in [0.29, 0.717) is 29.4 Å². The van der Waals surface area contributed by atoms with Crippen molar-refractivity contribution in [2.45, 2.75) is 27.3 Å². The Labute approximate surface area is 180 Å². The van der Waals surface area contributed by atoms with Gasteiger partial charge >= 0.3 is 0 Å². The molecule has 0 aliphatic heterocycles. The molecule has 30 heavy (non-hydrogen) atoms. The Hall–Kier alpha value is -3.33. The van der Waals surface area contributed by atoms with Gasteiger partial charge in [0.2, 0.25) is 4.77 Å². The van der Waals surface area contributed by atoms with E-state index in [-0.39, 0.29) is 12.5 Å².